The number of aryl methyl sites for hydroxylation is 1. The molecule has 2 N–H and O–H groups in total. The summed E-state index contributed by atoms with van der Waals surface area (Å²) in [5.74, 6) is 0.588. The fraction of sp³-hybridized carbons (Fsp3) is 0.250. The van der Waals surface area contributed by atoms with E-state index in [0.29, 0.717) is 17.1 Å². The van der Waals surface area contributed by atoms with Crippen LogP contribution in [0, 0.1) is 6.92 Å². The van der Waals surface area contributed by atoms with Gasteiger partial charge in [0.2, 0.25) is 11.8 Å². The van der Waals surface area contributed by atoms with E-state index in [2.05, 4.69) is 31.8 Å². The molecular formula is C20H22BrN3O4. The Bertz CT molecular complexity index is 884. The van der Waals surface area contributed by atoms with E-state index in [9.17, 15) is 9.59 Å². The van der Waals surface area contributed by atoms with E-state index in [1.807, 2.05) is 31.2 Å². The highest BCUT2D eigenvalue weighted by molar-refractivity contribution is 9.10. The summed E-state index contributed by atoms with van der Waals surface area (Å²) >= 11 is 3.39. The summed E-state index contributed by atoms with van der Waals surface area (Å²) in [5, 5.41) is 6.71. The van der Waals surface area contributed by atoms with Crippen LogP contribution in [0.2, 0.25) is 0 Å². The Balaban J connectivity index is 1.86. The number of anilines is 1. The SMILES string of the molecule is COc1cc(OC)c(/C=N/NC(=O)CCC(=O)Nc2ccccc2C)cc1Br. The Labute approximate surface area is 172 Å². The van der Waals surface area contributed by atoms with Crippen LogP contribution in [-0.4, -0.2) is 32.2 Å². The first-order valence-corrected chi connectivity index (χ1v) is 9.32. The minimum atomic E-state index is -0.359. The number of rotatable bonds is 8. The zero-order chi connectivity index (χ0) is 20.5. The molecule has 0 aliphatic heterocycles. The zero-order valence-corrected chi connectivity index (χ0v) is 17.5. The van der Waals surface area contributed by atoms with Gasteiger partial charge in [-0.25, -0.2) is 5.43 Å². The second-order valence-electron chi connectivity index (χ2n) is 5.88. The van der Waals surface area contributed by atoms with E-state index in [4.69, 9.17) is 9.47 Å². The number of nitrogens with zero attached hydrogens (tertiary/aromatic N) is 1. The second-order valence-corrected chi connectivity index (χ2v) is 6.74. The van der Waals surface area contributed by atoms with Crippen LogP contribution in [-0.2, 0) is 9.59 Å². The standard InChI is InChI=1S/C20H22BrN3O4/c1-13-6-4-5-7-16(13)23-19(25)8-9-20(26)24-22-12-14-10-15(21)18(28-3)11-17(14)27-2/h4-7,10-12H,8-9H2,1-3H3,(H,23,25)(H,24,26)/b22-12+. The molecule has 2 rings (SSSR count). The van der Waals surface area contributed by atoms with Crippen molar-refractivity contribution in [2.24, 2.45) is 5.10 Å². The maximum Gasteiger partial charge on any atom is 0.240 e. The quantitative estimate of drug-likeness (QED) is 0.477. The van der Waals surface area contributed by atoms with Gasteiger partial charge in [-0.15, -0.1) is 0 Å². The number of benzene rings is 2. The molecule has 0 aliphatic rings. The Morgan fingerprint density at radius 3 is 2.43 bits per heavy atom. The van der Waals surface area contributed by atoms with Crippen molar-refractivity contribution >= 4 is 39.6 Å². The minimum Gasteiger partial charge on any atom is -0.496 e. The molecule has 148 valence electrons. The molecule has 2 aromatic rings. The summed E-state index contributed by atoms with van der Waals surface area (Å²) in [4.78, 5) is 23.9. The van der Waals surface area contributed by atoms with Crippen LogP contribution in [0.3, 0.4) is 0 Å². The maximum absolute atomic E-state index is 12.0. The lowest BCUT2D eigenvalue weighted by Gasteiger charge is -2.09. The Kier molecular flexibility index (Phi) is 8.01. The Hall–Kier alpha value is -2.87. The van der Waals surface area contributed by atoms with Crippen molar-refractivity contribution in [2.75, 3.05) is 19.5 Å². The molecule has 28 heavy (non-hydrogen) atoms. The van der Waals surface area contributed by atoms with Gasteiger partial charge >= 0.3 is 0 Å². The first kappa shape index (κ1) is 21.4. The Morgan fingerprint density at radius 2 is 1.75 bits per heavy atom. The first-order valence-electron chi connectivity index (χ1n) is 8.53. The minimum absolute atomic E-state index is 0.0263. The van der Waals surface area contributed by atoms with Gasteiger partial charge in [0.1, 0.15) is 11.5 Å². The zero-order valence-electron chi connectivity index (χ0n) is 15.9. The normalized spacial score (nSPS) is 10.6. The third-order valence-electron chi connectivity index (χ3n) is 3.90. The van der Waals surface area contributed by atoms with Gasteiger partial charge in [0.15, 0.2) is 0 Å². The summed E-state index contributed by atoms with van der Waals surface area (Å²) in [5.41, 5.74) is 4.77. The summed E-state index contributed by atoms with van der Waals surface area (Å²) in [6, 6.07) is 10.9. The van der Waals surface area contributed by atoms with Gasteiger partial charge in [-0.3, -0.25) is 9.59 Å². The fourth-order valence-corrected chi connectivity index (χ4v) is 2.89. The predicted octanol–water partition coefficient (Wildman–Crippen LogP) is 3.64. The van der Waals surface area contributed by atoms with Gasteiger partial charge in [-0.1, -0.05) is 18.2 Å². The Morgan fingerprint density at radius 1 is 1.07 bits per heavy atom. The summed E-state index contributed by atoms with van der Waals surface area (Å²) in [6.45, 7) is 1.91. The molecule has 0 radical (unpaired) electrons. The molecule has 0 saturated carbocycles. The van der Waals surface area contributed by atoms with Crippen molar-refractivity contribution in [3.8, 4) is 11.5 Å². The molecule has 0 fully saturated rings. The molecule has 0 unspecified atom stereocenters. The number of para-hydroxylation sites is 1. The maximum atomic E-state index is 12.0. The highest BCUT2D eigenvalue weighted by Gasteiger charge is 2.09. The van der Waals surface area contributed by atoms with Crippen LogP contribution < -0.4 is 20.2 Å². The van der Waals surface area contributed by atoms with Gasteiger partial charge in [0.05, 0.1) is 24.9 Å². The number of carbonyl (C=O) groups excluding carboxylic acids is 2. The molecule has 0 aliphatic carbocycles. The topological polar surface area (TPSA) is 89.0 Å². The molecule has 0 saturated heterocycles. The summed E-state index contributed by atoms with van der Waals surface area (Å²) in [7, 11) is 3.09. The average Bonchev–Trinajstić information content (AvgIpc) is 2.68. The lowest BCUT2D eigenvalue weighted by Crippen LogP contribution is -2.20. The van der Waals surface area contributed by atoms with E-state index in [1.165, 1.54) is 13.3 Å². The number of hydrazone groups is 1. The van der Waals surface area contributed by atoms with E-state index >= 15 is 0 Å². The second kappa shape index (κ2) is 10.5. The lowest BCUT2D eigenvalue weighted by molar-refractivity contribution is -0.124. The van der Waals surface area contributed by atoms with Crippen molar-refractivity contribution in [3.05, 3.63) is 52.0 Å². The van der Waals surface area contributed by atoms with E-state index in [-0.39, 0.29) is 24.7 Å². The fourth-order valence-electron chi connectivity index (χ4n) is 2.37. The number of nitrogens with one attached hydrogen (secondary N) is 2. The molecule has 2 amide bonds. The highest BCUT2D eigenvalue weighted by atomic mass is 79.9. The van der Waals surface area contributed by atoms with Crippen molar-refractivity contribution in [3.63, 3.8) is 0 Å². The predicted molar refractivity (Wildman–Crippen MR) is 112 cm³/mol. The van der Waals surface area contributed by atoms with Crippen molar-refractivity contribution in [2.45, 2.75) is 19.8 Å². The van der Waals surface area contributed by atoms with Gasteiger partial charge in [-0.05, 0) is 40.5 Å². The third kappa shape index (κ3) is 6.09. The molecule has 7 nitrogen and oxygen atoms in total. The lowest BCUT2D eigenvalue weighted by atomic mass is 10.2. The number of hydrogen-bond donors (Lipinski definition) is 2. The van der Waals surface area contributed by atoms with E-state index in [1.54, 1.807) is 19.2 Å². The number of hydrogen-bond acceptors (Lipinski definition) is 5. The van der Waals surface area contributed by atoms with Crippen LogP contribution in [0.15, 0.2) is 46.0 Å². The number of methoxy groups -OCH3 is 2. The van der Waals surface area contributed by atoms with Crippen molar-refractivity contribution < 1.29 is 19.1 Å². The van der Waals surface area contributed by atoms with Crippen LogP contribution in [0.4, 0.5) is 5.69 Å². The first-order chi connectivity index (χ1) is 13.4. The van der Waals surface area contributed by atoms with Crippen LogP contribution >= 0.6 is 15.9 Å². The van der Waals surface area contributed by atoms with Gasteiger partial charge < -0.3 is 14.8 Å². The molecule has 0 atom stereocenters. The molecule has 0 bridgehead atoms. The molecule has 0 spiro atoms. The monoisotopic (exact) mass is 447 g/mol. The molecular weight excluding hydrogens is 426 g/mol. The molecule has 2 aromatic carbocycles. The van der Waals surface area contributed by atoms with Gasteiger partial charge in [0.25, 0.3) is 0 Å². The molecule has 0 heterocycles. The smallest absolute Gasteiger partial charge is 0.240 e. The highest BCUT2D eigenvalue weighted by Crippen LogP contribution is 2.31. The number of ether oxygens (including phenoxy) is 2. The summed E-state index contributed by atoms with van der Waals surface area (Å²) < 4.78 is 11.2. The van der Waals surface area contributed by atoms with Crippen LogP contribution in [0.1, 0.15) is 24.0 Å². The van der Waals surface area contributed by atoms with E-state index < -0.39 is 0 Å². The molecule has 0 aromatic heterocycles. The van der Waals surface area contributed by atoms with E-state index in [0.717, 1.165) is 15.7 Å². The van der Waals surface area contributed by atoms with Crippen LogP contribution in [0.25, 0.3) is 0 Å². The molecule has 8 heteroatoms. The average molecular weight is 448 g/mol. The largest absolute Gasteiger partial charge is 0.496 e. The number of halogens is 1. The number of carbonyl (C=O) groups is 2. The van der Waals surface area contributed by atoms with Crippen LogP contribution in [0.5, 0.6) is 11.5 Å². The number of amides is 2. The van der Waals surface area contributed by atoms with Crippen molar-refractivity contribution in [1.82, 2.24) is 5.43 Å². The van der Waals surface area contributed by atoms with Gasteiger partial charge in [-0.2, -0.15) is 5.10 Å². The summed E-state index contributed by atoms with van der Waals surface area (Å²) in [6.07, 6.45) is 1.56. The van der Waals surface area contributed by atoms with Crippen molar-refractivity contribution in [1.29, 1.82) is 0 Å². The third-order valence-corrected chi connectivity index (χ3v) is 4.52. The van der Waals surface area contributed by atoms with Gasteiger partial charge in [0, 0.05) is 30.2 Å².